The third-order valence-electron chi connectivity index (χ3n) is 4.57. The molecule has 2 atom stereocenters. The molecule has 3 N–H and O–H groups in total. The quantitative estimate of drug-likeness (QED) is 0.603. The summed E-state index contributed by atoms with van der Waals surface area (Å²) in [5, 5.41) is 5.42. The molecule has 0 fully saturated rings. The van der Waals surface area contributed by atoms with Crippen LogP contribution in [-0.4, -0.2) is 26.3 Å². The predicted octanol–water partition coefficient (Wildman–Crippen LogP) is 3.35. The van der Waals surface area contributed by atoms with Crippen molar-refractivity contribution in [2.75, 3.05) is 5.32 Å². The number of amides is 2. The van der Waals surface area contributed by atoms with E-state index in [1.807, 2.05) is 20.8 Å². The van der Waals surface area contributed by atoms with E-state index in [-0.39, 0.29) is 16.6 Å². The van der Waals surface area contributed by atoms with Gasteiger partial charge in [0, 0.05) is 12.6 Å². The van der Waals surface area contributed by atoms with Gasteiger partial charge in [-0.05, 0) is 54.3 Å². The normalized spacial score (nSPS) is 13.9. The van der Waals surface area contributed by atoms with Crippen molar-refractivity contribution in [2.24, 2.45) is 5.41 Å². The van der Waals surface area contributed by atoms with Gasteiger partial charge < -0.3 is 10.6 Å². The maximum absolute atomic E-state index is 13.3. The molecule has 168 valence electrons. The molecule has 0 aromatic heterocycles. The maximum Gasteiger partial charge on any atom is 0.241 e. The van der Waals surface area contributed by atoms with Crippen LogP contribution in [0.2, 0.25) is 0 Å². The van der Waals surface area contributed by atoms with Gasteiger partial charge in [0.2, 0.25) is 21.8 Å². The molecule has 0 radical (unpaired) electrons. The van der Waals surface area contributed by atoms with E-state index in [1.165, 1.54) is 50.2 Å². The van der Waals surface area contributed by atoms with E-state index < -0.39 is 33.4 Å². The Hall–Kier alpha value is -2.78. The molecule has 0 heterocycles. The lowest BCUT2D eigenvalue weighted by atomic mass is 9.82. The average Bonchev–Trinajstić information content (AvgIpc) is 2.65. The van der Waals surface area contributed by atoms with E-state index in [0.29, 0.717) is 11.3 Å². The second-order valence-corrected chi connectivity index (χ2v) is 10.1. The van der Waals surface area contributed by atoms with Crippen LogP contribution in [0.15, 0.2) is 53.4 Å². The molecule has 0 spiro atoms. The number of benzene rings is 2. The first-order chi connectivity index (χ1) is 14.3. The van der Waals surface area contributed by atoms with Gasteiger partial charge in [-0.1, -0.05) is 32.9 Å². The Morgan fingerprint density at radius 2 is 1.52 bits per heavy atom. The molecule has 0 saturated heterocycles. The molecule has 2 amide bonds. The second-order valence-electron chi connectivity index (χ2n) is 8.41. The number of anilines is 1. The van der Waals surface area contributed by atoms with Gasteiger partial charge >= 0.3 is 0 Å². The molecule has 0 saturated carbocycles. The van der Waals surface area contributed by atoms with Crippen molar-refractivity contribution in [1.82, 2.24) is 10.0 Å². The summed E-state index contributed by atoms with van der Waals surface area (Å²) in [7, 11) is -3.96. The zero-order chi connectivity index (χ0) is 23.4. The fourth-order valence-corrected chi connectivity index (χ4v) is 4.20. The fraction of sp³-hybridized carbons (Fsp3) is 0.364. The highest BCUT2D eigenvalue weighted by Gasteiger charge is 2.30. The first kappa shape index (κ1) is 24.5. The molecule has 0 aliphatic carbocycles. The van der Waals surface area contributed by atoms with E-state index in [0.717, 1.165) is 0 Å². The molecule has 2 aromatic rings. The Bertz CT molecular complexity index is 1030. The van der Waals surface area contributed by atoms with Gasteiger partial charge in [-0.2, -0.15) is 4.72 Å². The minimum atomic E-state index is -3.96. The van der Waals surface area contributed by atoms with Gasteiger partial charge in [0.15, 0.2) is 0 Å². The summed E-state index contributed by atoms with van der Waals surface area (Å²) in [6, 6.07) is 9.93. The Kier molecular flexibility index (Phi) is 7.56. The van der Waals surface area contributed by atoms with E-state index in [4.69, 9.17) is 0 Å². The molecule has 31 heavy (non-hydrogen) atoms. The largest absolute Gasteiger partial charge is 0.347 e. The summed E-state index contributed by atoms with van der Waals surface area (Å²) in [6.45, 7) is 8.57. The van der Waals surface area contributed by atoms with Crippen molar-refractivity contribution in [2.45, 2.75) is 51.6 Å². The molecule has 0 bridgehead atoms. The number of carbonyl (C=O) groups excluding carboxylic acids is 2. The summed E-state index contributed by atoms with van der Waals surface area (Å²) in [5.41, 5.74) is 0.779. The summed E-state index contributed by atoms with van der Waals surface area (Å²) in [6.07, 6.45) is 0. The Morgan fingerprint density at radius 3 is 2.00 bits per heavy atom. The number of halogens is 1. The van der Waals surface area contributed by atoms with Crippen molar-refractivity contribution in [3.05, 3.63) is 59.9 Å². The second kappa shape index (κ2) is 9.57. The molecule has 0 aliphatic rings. The lowest BCUT2D eigenvalue weighted by Crippen LogP contribution is -2.47. The number of hydrogen-bond donors (Lipinski definition) is 3. The third-order valence-corrected chi connectivity index (χ3v) is 6.12. The highest BCUT2D eigenvalue weighted by atomic mass is 32.2. The van der Waals surface area contributed by atoms with Crippen LogP contribution in [0.25, 0.3) is 0 Å². The first-order valence-corrected chi connectivity index (χ1v) is 11.2. The van der Waals surface area contributed by atoms with Gasteiger partial charge in [-0.25, -0.2) is 12.8 Å². The monoisotopic (exact) mass is 449 g/mol. The first-order valence-electron chi connectivity index (χ1n) is 9.75. The van der Waals surface area contributed by atoms with Crippen LogP contribution in [0, 0.1) is 11.2 Å². The molecule has 2 aromatic carbocycles. The summed E-state index contributed by atoms with van der Waals surface area (Å²) in [4.78, 5) is 23.8. The van der Waals surface area contributed by atoms with Gasteiger partial charge in [-0.15, -0.1) is 0 Å². The third kappa shape index (κ3) is 6.86. The predicted molar refractivity (Wildman–Crippen MR) is 117 cm³/mol. The zero-order valence-electron chi connectivity index (χ0n) is 18.2. The lowest BCUT2D eigenvalue weighted by Gasteiger charge is -2.33. The standard InChI is InChI=1S/C22H28FN3O4S/c1-14(26-31(29,30)19-12-10-18(11-13-19)24-15(2)27)21(28)25-20(22(3,4)5)16-6-8-17(23)9-7-16/h6-14,20,26H,1-5H3,(H,24,27)(H,25,28)/t14-,20?/m0/s1. The van der Waals surface area contributed by atoms with Gasteiger partial charge in [-0.3, -0.25) is 9.59 Å². The average molecular weight is 450 g/mol. The van der Waals surface area contributed by atoms with E-state index >= 15 is 0 Å². The van der Waals surface area contributed by atoms with Crippen molar-refractivity contribution in [3.8, 4) is 0 Å². The van der Waals surface area contributed by atoms with Gasteiger partial charge in [0.05, 0.1) is 17.0 Å². The van der Waals surface area contributed by atoms with Crippen LogP contribution in [0.4, 0.5) is 10.1 Å². The molecule has 1 unspecified atom stereocenters. The number of nitrogens with one attached hydrogen (secondary N) is 3. The van der Waals surface area contributed by atoms with Gasteiger partial charge in [0.1, 0.15) is 5.82 Å². The number of hydrogen-bond acceptors (Lipinski definition) is 4. The van der Waals surface area contributed by atoms with Crippen LogP contribution in [0.1, 0.15) is 46.2 Å². The highest BCUT2D eigenvalue weighted by molar-refractivity contribution is 7.89. The minimum absolute atomic E-state index is 0.0350. The van der Waals surface area contributed by atoms with Crippen LogP contribution >= 0.6 is 0 Å². The van der Waals surface area contributed by atoms with E-state index in [9.17, 15) is 22.4 Å². The van der Waals surface area contributed by atoms with Crippen molar-refractivity contribution < 1.29 is 22.4 Å². The Balaban J connectivity index is 2.13. The number of sulfonamides is 1. The van der Waals surface area contributed by atoms with Crippen LogP contribution in [0.5, 0.6) is 0 Å². The van der Waals surface area contributed by atoms with Gasteiger partial charge in [0.25, 0.3) is 0 Å². The smallest absolute Gasteiger partial charge is 0.241 e. The van der Waals surface area contributed by atoms with Crippen LogP contribution in [-0.2, 0) is 19.6 Å². The Morgan fingerprint density at radius 1 is 0.968 bits per heavy atom. The molecular weight excluding hydrogens is 421 g/mol. The molecule has 9 heteroatoms. The van der Waals surface area contributed by atoms with Crippen molar-refractivity contribution >= 4 is 27.5 Å². The molecule has 0 aliphatic heterocycles. The maximum atomic E-state index is 13.3. The van der Waals surface area contributed by atoms with Crippen molar-refractivity contribution in [1.29, 1.82) is 0 Å². The van der Waals surface area contributed by atoms with Crippen LogP contribution < -0.4 is 15.4 Å². The summed E-state index contributed by atoms with van der Waals surface area (Å²) < 4.78 is 41.0. The van der Waals surface area contributed by atoms with E-state index in [2.05, 4.69) is 15.4 Å². The summed E-state index contributed by atoms with van der Waals surface area (Å²) >= 11 is 0. The molecule has 7 nitrogen and oxygen atoms in total. The SMILES string of the molecule is CC(=O)Nc1ccc(S(=O)(=O)N[C@@H](C)C(=O)NC(c2ccc(F)cc2)C(C)(C)C)cc1. The molecular formula is C22H28FN3O4S. The lowest BCUT2D eigenvalue weighted by molar-refractivity contribution is -0.124. The summed E-state index contributed by atoms with van der Waals surface area (Å²) in [5.74, 6) is -1.16. The minimum Gasteiger partial charge on any atom is -0.347 e. The van der Waals surface area contributed by atoms with Crippen molar-refractivity contribution in [3.63, 3.8) is 0 Å². The van der Waals surface area contributed by atoms with Crippen LogP contribution in [0.3, 0.4) is 0 Å². The number of rotatable bonds is 7. The number of carbonyl (C=O) groups is 2. The zero-order valence-corrected chi connectivity index (χ0v) is 19.0. The fourth-order valence-electron chi connectivity index (χ4n) is 3.00. The van der Waals surface area contributed by atoms with E-state index in [1.54, 1.807) is 12.1 Å². The topological polar surface area (TPSA) is 104 Å². The Labute approximate surface area is 182 Å². The highest BCUT2D eigenvalue weighted by Crippen LogP contribution is 2.33. The molecule has 2 rings (SSSR count).